The number of hydrogen-bond acceptors (Lipinski definition) is 11. The fraction of sp³-hybridized carbons (Fsp3) is 0.568. The second-order valence-corrected chi connectivity index (χ2v) is 15.6. The second kappa shape index (κ2) is 18.0. The molecule has 4 aliphatic rings. The van der Waals surface area contributed by atoms with Crippen LogP contribution < -0.4 is 15.5 Å². The van der Waals surface area contributed by atoms with Crippen molar-refractivity contribution in [3.8, 4) is 6.07 Å². The van der Waals surface area contributed by atoms with Crippen molar-refractivity contribution in [1.29, 1.82) is 5.26 Å². The number of amides is 4. The highest BCUT2D eigenvalue weighted by atomic mass is 35.5. The van der Waals surface area contributed by atoms with Gasteiger partial charge < -0.3 is 15.0 Å². The van der Waals surface area contributed by atoms with Crippen LogP contribution in [0.25, 0.3) is 0 Å². The van der Waals surface area contributed by atoms with Gasteiger partial charge in [-0.15, -0.1) is 12.4 Å². The van der Waals surface area contributed by atoms with Gasteiger partial charge in [0.2, 0.25) is 17.7 Å². The summed E-state index contributed by atoms with van der Waals surface area (Å²) in [5.41, 5.74) is -2.97. The van der Waals surface area contributed by atoms with E-state index < -0.39 is 65.4 Å². The Morgan fingerprint density at radius 3 is 2.42 bits per heavy atom. The van der Waals surface area contributed by atoms with E-state index in [-0.39, 0.29) is 92.7 Å². The highest BCUT2D eigenvalue weighted by Crippen LogP contribution is 2.40. The van der Waals surface area contributed by atoms with Crippen molar-refractivity contribution in [3.05, 3.63) is 47.4 Å². The minimum Gasteiger partial charge on any atom is -0.377 e. The number of imide groups is 1. The first-order chi connectivity index (χ1) is 27.3. The van der Waals surface area contributed by atoms with Crippen molar-refractivity contribution in [2.75, 3.05) is 49.5 Å². The van der Waals surface area contributed by atoms with Gasteiger partial charge in [0, 0.05) is 44.8 Å². The van der Waals surface area contributed by atoms with Gasteiger partial charge in [0.25, 0.3) is 5.91 Å². The summed E-state index contributed by atoms with van der Waals surface area (Å²) >= 11 is 5.64. The van der Waals surface area contributed by atoms with Gasteiger partial charge in [0.15, 0.2) is 10.8 Å². The lowest BCUT2D eigenvalue weighted by atomic mass is 9.89. The van der Waals surface area contributed by atoms with Gasteiger partial charge in [0.05, 0.1) is 42.6 Å². The minimum atomic E-state index is -4.88. The third kappa shape index (κ3) is 10.1. The summed E-state index contributed by atoms with van der Waals surface area (Å²) < 4.78 is 89.9. The monoisotopic (exact) mass is 873 g/mol. The predicted molar refractivity (Wildman–Crippen MR) is 205 cm³/mol. The van der Waals surface area contributed by atoms with Crippen LogP contribution in [0.2, 0.25) is 0 Å². The molecule has 0 spiro atoms. The van der Waals surface area contributed by atoms with E-state index in [1.54, 1.807) is 29.7 Å². The first-order valence-corrected chi connectivity index (χ1v) is 19.1. The molecular formula is C37H42ClF6N9O5S. The Bertz CT molecular complexity index is 1990. The molecule has 0 radical (unpaired) electrons. The maximum atomic E-state index is 14.3. The van der Waals surface area contributed by atoms with Crippen molar-refractivity contribution in [1.82, 2.24) is 30.0 Å². The maximum absolute atomic E-state index is 14.3. The average Bonchev–Trinajstić information content (AvgIpc) is 3.33. The third-order valence-electron chi connectivity index (χ3n) is 11.0. The van der Waals surface area contributed by atoms with E-state index >= 15 is 0 Å². The summed E-state index contributed by atoms with van der Waals surface area (Å²) in [6, 6.07) is 3.00. The number of carbonyl (C=O) groups excluding carboxylic acids is 4. The van der Waals surface area contributed by atoms with Gasteiger partial charge in [-0.2, -0.15) is 31.6 Å². The molecule has 2 aromatic heterocycles. The molecule has 5 heterocycles. The van der Waals surface area contributed by atoms with Gasteiger partial charge in [-0.25, -0.2) is 9.97 Å². The first-order valence-electron chi connectivity index (χ1n) is 18.7. The number of ether oxygens (including phenoxy) is 1. The SMILES string of the molecule is CC1(C)C(=O)N(c2cnc(C#N)c(C(F)(F)F)c2)C(=S)N1C1CCC(OCCN2CCN(CC(=O)Nc3cc(C4CCC(=O)NC4=O)ccn3)[C@@H](C(F)(F)F)C2)CC1.Cl. The Hall–Kier alpha value is -4.49. The van der Waals surface area contributed by atoms with E-state index in [1.165, 1.54) is 18.3 Å². The first kappa shape index (κ1) is 45.6. The Morgan fingerprint density at radius 1 is 1.07 bits per heavy atom. The molecule has 3 saturated heterocycles. The van der Waals surface area contributed by atoms with Crippen LogP contribution in [0.4, 0.5) is 37.8 Å². The lowest BCUT2D eigenvalue weighted by molar-refractivity contribution is -0.197. The molecule has 6 rings (SSSR count). The number of piperazine rings is 1. The summed E-state index contributed by atoms with van der Waals surface area (Å²) in [4.78, 5) is 63.4. The predicted octanol–water partition coefficient (Wildman–Crippen LogP) is 4.54. The number of piperidine rings is 1. The Labute approximate surface area is 347 Å². The van der Waals surface area contributed by atoms with Crippen LogP contribution in [0, 0.1) is 11.3 Å². The van der Waals surface area contributed by atoms with Crippen LogP contribution in [-0.2, 0) is 30.1 Å². The van der Waals surface area contributed by atoms with E-state index in [9.17, 15) is 45.5 Å². The molecule has 14 nitrogen and oxygen atoms in total. The van der Waals surface area contributed by atoms with Crippen LogP contribution in [-0.4, -0.2) is 123 Å². The zero-order valence-electron chi connectivity index (χ0n) is 31.9. The number of nitriles is 1. The Kier molecular flexibility index (Phi) is 13.9. The molecule has 0 aromatic carbocycles. The normalized spacial score (nSPS) is 24.4. The van der Waals surface area contributed by atoms with Gasteiger partial charge in [-0.1, -0.05) is 0 Å². The molecule has 4 fully saturated rings. The molecule has 59 heavy (non-hydrogen) atoms. The van der Waals surface area contributed by atoms with E-state index in [0.29, 0.717) is 37.3 Å². The second-order valence-electron chi connectivity index (χ2n) is 15.2. The molecule has 22 heteroatoms. The van der Waals surface area contributed by atoms with Crippen molar-refractivity contribution < 1.29 is 50.3 Å². The average molecular weight is 874 g/mol. The quantitative estimate of drug-likeness (QED) is 0.195. The fourth-order valence-electron chi connectivity index (χ4n) is 8.04. The molecule has 320 valence electrons. The largest absolute Gasteiger partial charge is 0.419 e. The van der Waals surface area contributed by atoms with E-state index in [4.69, 9.17) is 22.2 Å². The van der Waals surface area contributed by atoms with Gasteiger partial charge in [0.1, 0.15) is 23.5 Å². The molecule has 2 aromatic rings. The van der Waals surface area contributed by atoms with Gasteiger partial charge in [-0.05, 0) is 81.9 Å². The van der Waals surface area contributed by atoms with Gasteiger partial charge >= 0.3 is 12.4 Å². The van der Waals surface area contributed by atoms with Crippen LogP contribution in [0.5, 0.6) is 0 Å². The summed E-state index contributed by atoms with van der Waals surface area (Å²) in [5, 5.41) is 13.9. The zero-order chi connectivity index (χ0) is 42.2. The van der Waals surface area contributed by atoms with Crippen molar-refractivity contribution in [2.24, 2.45) is 0 Å². The lowest BCUT2D eigenvalue weighted by Crippen LogP contribution is -2.60. The molecule has 1 aliphatic carbocycles. The van der Waals surface area contributed by atoms with Crippen LogP contribution in [0.1, 0.15) is 75.1 Å². The van der Waals surface area contributed by atoms with E-state index in [1.807, 2.05) is 0 Å². The molecule has 2 atom stereocenters. The Balaban J connectivity index is 0.00000661. The molecule has 2 N–H and O–H groups in total. The van der Waals surface area contributed by atoms with Gasteiger partial charge in [-0.3, -0.25) is 39.2 Å². The standard InChI is InChI=1S/C37H41F6N9O5S.ClH/c1-35(2)33(56)51(23-16-26(36(38,39)40)27(17-44)46-18-23)34(58)52(35)22-3-5-24(6-4-22)57-14-13-49-11-12-50(28(19-49)37(41,42)43)20-31(54)47-29-15-21(9-10-45-29)25-7-8-30(53)48-32(25)55;/h9-10,15-16,18,22,24-25,28H,3-8,11-14,19-20H2,1-2H3,(H,45,47,54)(H,48,53,55);1H/t22?,24?,25?,28-;/m1./s1. The molecule has 4 amide bonds. The lowest BCUT2D eigenvalue weighted by Gasteiger charge is -2.42. The molecular weight excluding hydrogens is 832 g/mol. The van der Waals surface area contributed by atoms with Crippen LogP contribution in [0.3, 0.4) is 0 Å². The highest BCUT2D eigenvalue weighted by Gasteiger charge is 2.53. The number of aromatic nitrogens is 2. The smallest absolute Gasteiger partial charge is 0.377 e. The number of nitrogens with one attached hydrogen (secondary N) is 2. The number of carbonyl (C=O) groups is 4. The number of anilines is 2. The topological polar surface area (TPSA) is 164 Å². The van der Waals surface area contributed by atoms with E-state index in [0.717, 1.165) is 16.0 Å². The minimum absolute atomic E-state index is 0. The third-order valence-corrected chi connectivity index (χ3v) is 11.4. The summed E-state index contributed by atoms with van der Waals surface area (Å²) in [6.45, 7) is 2.94. The van der Waals surface area contributed by atoms with Crippen LogP contribution >= 0.6 is 24.6 Å². The van der Waals surface area contributed by atoms with Crippen molar-refractivity contribution >= 4 is 64.9 Å². The molecule has 1 unspecified atom stereocenters. The number of alkyl halides is 6. The highest BCUT2D eigenvalue weighted by molar-refractivity contribution is 7.80. The summed E-state index contributed by atoms with van der Waals surface area (Å²) in [5.74, 6) is -2.64. The zero-order valence-corrected chi connectivity index (χ0v) is 33.6. The molecule has 3 aliphatic heterocycles. The fourth-order valence-corrected chi connectivity index (χ4v) is 8.61. The number of nitrogens with zero attached hydrogens (tertiary/aromatic N) is 7. The molecule has 1 saturated carbocycles. The van der Waals surface area contributed by atoms with Crippen molar-refractivity contribution in [3.63, 3.8) is 0 Å². The number of hydrogen-bond donors (Lipinski definition) is 2. The summed E-state index contributed by atoms with van der Waals surface area (Å²) in [6.07, 6.45) is -4.75. The number of halogens is 7. The summed E-state index contributed by atoms with van der Waals surface area (Å²) in [7, 11) is 0. The van der Waals surface area contributed by atoms with E-state index in [2.05, 4.69) is 20.6 Å². The Morgan fingerprint density at radius 2 is 1.78 bits per heavy atom. The van der Waals surface area contributed by atoms with Crippen LogP contribution in [0.15, 0.2) is 30.6 Å². The number of pyridine rings is 2. The molecule has 0 bridgehead atoms. The number of thiocarbonyl (C=S) groups is 1. The maximum Gasteiger partial charge on any atom is 0.419 e. The number of rotatable bonds is 10. The van der Waals surface area contributed by atoms with Crippen molar-refractivity contribution in [2.45, 2.75) is 94.4 Å².